The summed E-state index contributed by atoms with van der Waals surface area (Å²) in [5, 5.41) is 4.06. The Bertz CT molecular complexity index is 1280. The standard InChI is InChI=1S/C28H29FN2O3/c1-4-19-7-5-8-21-24(17-31-27(19)21)23(22-9-6-10-25(33-2)28(22)34-3)15-26(32)30-16-18-11-13-20(29)14-12-18/h5-14,17,23,31H,4,15-16H2,1-3H3,(H,30,32). The van der Waals surface area contributed by atoms with Crippen molar-refractivity contribution in [1.29, 1.82) is 0 Å². The van der Waals surface area contributed by atoms with Crippen LogP contribution in [0.15, 0.2) is 66.9 Å². The summed E-state index contributed by atoms with van der Waals surface area (Å²) in [5.74, 6) is 0.554. The highest BCUT2D eigenvalue weighted by molar-refractivity contribution is 5.88. The molecule has 0 bridgehead atoms. The first-order valence-corrected chi connectivity index (χ1v) is 11.4. The van der Waals surface area contributed by atoms with Gasteiger partial charge in [0.25, 0.3) is 0 Å². The smallest absolute Gasteiger partial charge is 0.221 e. The minimum Gasteiger partial charge on any atom is -0.493 e. The fraction of sp³-hybridized carbons (Fsp3) is 0.250. The number of nitrogens with one attached hydrogen (secondary N) is 2. The van der Waals surface area contributed by atoms with Gasteiger partial charge in [0.2, 0.25) is 5.91 Å². The van der Waals surface area contributed by atoms with Crippen LogP contribution in [-0.4, -0.2) is 25.1 Å². The summed E-state index contributed by atoms with van der Waals surface area (Å²) in [6.45, 7) is 2.45. The highest BCUT2D eigenvalue weighted by Gasteiger charge is 2.26. The fourth-order valence-corrected chi connectivity index (χ4v) is 4.46. The molecule has 0 fully saturated rings. The van der Waals surface area contributed by atoms with Crippen molar-refractivity contribution in [3.63, 3.8) is 0 Å². The van der Waals surface area contributed by atoms with Gasteiger partial charge in [-0.05, 0) is 41.3 Å². The van der Waals surface area contributed by atoms with E-state index in [0.717, 1.165) is 34.0 Å². The summed E-state index contributed by atoms with van der Waals surface area (Å²) in [7, 11) is 3.21. The summed E-state index contributed by atoms with van der Waals surface area (Å²) < 4.78 is 24.5. The zero-order chi connectivity index (χ0) is 24.1. The second-order valence-corrected chi connectivity index (χ2v) is 8.18. The predicted molar refractivity (Wildman–Crippen MR) is 132 cm³/mol. The number of H-pyrrole nitrogens is 1. The summed E-state index contributed by atoms with van der Waals surface area (Å²) in [4.78, 5) is 16.5. The third-order valence-corrected chi connectivity index (χ3v) is 6.19. The van der Waals surface area contributed by atoms with Gasteiger partial charge in [0.05, 0.1) is 14.2 Å². The number of carbonyl (C=O) groups is 1. The molecule has 0 spiro atoms. The minimum absolute atomic E-state index is 0.111. The molecule has 0 radical (unpaired) electrons. The van der Waals surface area contributed by atoms with E-state index in [1.54, 1.807) is 26.4 Å². The van der Waals surface area contributed by atoms with Crippen molar-refractivity contribution in [2.24, 2.45) is 0 Å². The molecule has 4 aromatic rings. The summed E-state index contributed by atoms with van der Waals surface area (Å²) in [6.07, 6.45) is 3.11. The lowest BCUT2D eigenvalue weighted by atomic mass is 9.86. The van der Waals surface area contributed by atoms with Crippen LogP contribution >= 0.6 is 0 Å². The number of amides is 1. The van der Waals surface area contributed by atoms with Crippen LogP contribution in [0.3, 0.4) is 0 Å². The molecular formula is C28H29FN2O3. The van der Waals surface area contributed by atoms with E-state index in [9.17, 15) is 9.18 Å². The van der Waals surface area contributed by atoms with Crippen molar-refractivity contribution in [1.82, 2.24) is 10.3 Å². The van der Waals surface area contributed by atoms with Crippen LogP contribution in [0.25, 0.3) is 10.9 Å². The molecule has 0 saturated heterocycles. The third kappa shape index (κ3) is 4.76. The van der Waals surface area contributed by atoms with E-state index in [0.29, 0.717) is 18.0 Å². The van der Waals surface area contributed by atoms with Gasteiger partial charge in [-0.3, -0.25) is 4.79 Å². The fourth-order valence-electron chi connectivity index (χ4n) is 4.46. The maximum Gasteiger partial charge on any atom is 0.221 e. The van der Waals surface area contributed by atoms with Gasteiger partial charge < -0.3 is 19.8 Å². The number of aryl methyl sites for hydroxylation is 1. The molecule has 176 valence electrons. The molecule has 4 rings (SSSR count). The average molecular weight is 461 g/mol. The minimum atomic E-state index is -0.300. The Morgan fingerprint density at radius 1 is 1.00 bits per heavy atom. The predicted octanol–water partition coefficient (Wildman–Crippen LogP) is 5.73. The maximum atomic E-state index is 13.2. The first kappa shape index (κ1) is 23.4. The lowest BCUT2D eigenvalue weighted by molar-refractivity contribution is -0.121. The van der Waals surface area contributed by atoms with Crippen LogP contribution in [-0.2, 0) is 17.8 Å². The van der Waals surface area contributed by atoms with E-state index >= 15 is 0 Å². The highest BCUT2D eigenvalue weighted by atomic mass is 19.1. The molecule has 3 aromatic carbocycles. The molecule has 1 unspecified atom stereocenters. The Morgan fingerprint density at radius 2 is 1.76 bits per heavy atom. The van der Waals surface area contributed by atoms with Crippen molar-refractivity contribution in [3.8, 4) is 11.5 Å². The zero-order valence-corrected chi connectivity index (χ0v) is 19.7. The Balaban J connectivity index is 1.71. The average Bonchev–Trinajstić information content (AvgIpc) is 3.30. The number of fused-ring (bicyclic) bond motifs is 1. The van der Waals surface area contributed by atoms with E-state index in [4.69, 9.17) is 9.47 Å². The number of halogens is 1. The summed E-state index contributed by atoms with van der Waals surface area (Å²) in [6, 6.07) is 18.1. The molecule has 1 amide bonds. The lowest BCUT2D eigenvalue weighted by Crippen LogP contribution is -2.25. The molecule has 0 saturated carbocycles. The van der Waals surface area contributed by atoms with Crippen LogP contribution in [0.2, 0.25) is 0 Å². The normalized spacial score (nSPS) is 11.9. The number of hydrogen-bond donors (Lipinski definition) is 2. The summed E-state index contributed by atoms with van der Waals surface area (Å²) in [5.41, 5.74) is 5.04. The van der Waals surface area contributed by atoms with Gasteiger partial charge in [-0.25, -0.2) is 4.39 Å². The number of ether oxygens (including phenoxy) is 2. The molecule has 1 atom stereocenters. The van der Waals surface area contributed by atoms with Gasteiger partial charge >= 0.3 is 0 Å². The van der Waals surface area contributed by atoms with Crippen LogP contribution in [0.4, 0.5) is 4.39 Å². The van der Waals surface area contributed by atoms with Gasteiger partial charge in [-0.1, -0.05) is 49.4 Å². The number of aromatic nitrogens is 1. The number of carbonyl (C=O) groups excluding carboxylic acids is 1. The van der Waals surface area contributed by atoms with Crippen LogP contribution in [0, 0.1) is 5.82 Å². The van der Waals surface area contributed by atoms with Gasteiger partial charge in [-0.2, -0.15) is 0 Å². The first-order chi connectivity index (χ1) is 16.5. The lowest BCUT2D eigenvalue weighted by Gasteiger charge is -2.21. The van der Waals surface area contributed by atoms with Crippen LogP contribution in [0.1, 0.15) is 41.5 Å². The second kappa shape index (κ2) is 10.4. The zero-order valence-electron chi connectivity index (χ0n) is 19.7. The van der Waals surface area contributed by atoms with E-state index in [2.05, 4.69) is 29.4 Å². The van der Waals surface area contributed by atoms with Crippen LogP contribution in [0.5, 0.6) is 11.5 Å². The number of benzene rings is 3. The highest BCUT2D eigenvalue weighted by Crippen LogP contribution is 2.42. The second-order valence-electron chi connectivity index (χ2n) is 8.18. The number of aromatic amines is 1. The molecule has 0 aliphatic rings. The van der Waals surface area contributed by atoms with Gasteiger partial charge in [0.1, 0.15) is 5.82 Å². The third-order valence-electron chi connectivity index (χ3n) is 6.19. The molecule has 34 heavy (non-hydrogen) atoms. The topological polar surface area (TPSA) is 63.4 Å². The van der Waals surface area contributed by atoms with Gasteiger partial charge in [-0.15, -0.1) is 0 Å². The van der Waals surface area contributed by atoms with Crippen molar-refractivity contribution >= 4 is 16.8 Å². The van der Waals surface area contributed by atoms with E-state index in [-0.39, 0.29) is 24.1 Å². The van der Waals surface area contributed by atoms with Gasteiger partial charge in [0.15, 0.2) is 11.5 Å². The maximum absolute atomic E-state index is 13.2. The van der Waals surface area contributed by atoms with Crippen LogP contribution < -0.4 is 14.8 Å². The Kier molecular flexibility index (Phi) is 7.16. The quantitative estimate of drug-likeness (QED) is 0.336. The number of para-hydroxylation sites is 2. The largest absolute Gasteiger partial charge is 0.493 e. The van der Waals surface area contributed by atoms with Crippen molar-refractivity contribution in [3.05, 3.63) is 94.9 Å². The summed E-state index contributed by atoms with van der Waals surface area (Å²) >= 11 is 0. The van der Waals surface area contributed by atoms with E-state index in [1.165, 1.54) is 17.7 Å². The molecule has 0 aliphatic carbocycles. The van der Waals surface area contributed by atoms with Crippen molar-refractivity contribution in [2.45, 2.75) is 32.2 Å². The van der Waals surface area contributed by atoms with Crippen molar-refractivity contribution < 1.29 is 18.7 Å². The molecule has 2 N–H and O–H groups in total. The van der Waals surface area contributed by atoms with E-state index < -0.39 is 0 Å². The SMILES string of the molecule is CCc1cccc2c(C(CC(=O)NCc3ccc(F)cc3)c3cccc(OC)c3OC)c[nH]c12. The number of methoxy groups -OCH3 is 2. The van der Waals surface area contributed by atoms with Gasteiger partial charge in [0, 0.05) is 41.5 Å². The Hall–Kier alpha value is -3.80. The molecule has 0 aliphatic heterocycles. The molecule has 1 aromatic heterocycles. The van der Waals surface area contributed by atoms with Crippen molar-refractivity contribution in [2.75, 3.05) is 14.2 Å². The molecular weight excluding hydrogens is 431 g/mol. The molecule has 1 heterocycles. The van der Waals surface area contributed by atoms with E-state index in [1.807, 2.05) is 30.5 Å². The monoisotopic (exact) mass is 460 g/mol. The number of rotatable bonds is 9. The number of hydrogen-bond acceptors (Lipinski definition) is 3. The first-order valence-electron chi connectivity index (χ1n) is 11.4. The molecule has 6 heteroatoms. The molecule has 5 nitrogen and oxygen atoms in total. The Labute approximate surface area is 198 Å². The Morgan fingerprint density at radius 3 is 2.47 bits per heavy atom.